The highest BCUT2D eigenvalue weighted by molar-refractivity contribution is 5.73. The van der Waals surface area contributed by atoms with Gasteiger partial charge >= 0.3 is 6.30 Å². The zero-order valence-corrected chi connectivity index (χ0v) is 7.90. The molecule has 3 nitrogen and oxygen atoms in total. The number of nitrogens with one attached hydrogen (secondary N) is 1. The van der Waals surface area contributed by atoms with Crippen LogP contribution in [0.2, 0.25) is 0 Å². The van der Waals surface area contributed by atoms with E-state index in [1.807, 2.05) is 0 Å². The first kappa shape index (κ1) is 11.3. The molecule has 1 fully saturated rings. The SMILES string of the molecule is CC(=O)NC1CCCN(C(F)(F)F)C1. The first-order valence-corrected chi connectivity index (χ1v) is 4.48. The van der Waals surface area contributed by atoms with Gasteiger partial charge in [-0.3, -0.25) is 4.79 Å². The van der Waals surface area contributed by atoms with E-state index in [-0.39, 0.29) is 25.0 Å². The van der Waals surface area contributed by atoms with Crippen LogP contribution in [0.3, 0.4) is 0 Å². The number of hydrogen-bond donors (Lipinski definition) is 1. The predicted molar refractivity (Wildman–Crippen MR) is 44.5 cm³/mol. The molecule has 1 aliphatic rings. The summed E-state index contributed by atoms with van der Waals surface area (Å²) in [5, 5.41) is 2.50. The van der Waals surface area contributed by atoms with Crippen molar-refractivity contribution < 1.29 is 18.0 Å². The summed E-state index contributed by atoms with van der Waals surface area (Å²) in [7, 11) is 0. The Morgan fingerprint density at radius 3 is 2.64 bits per heavy atom. The third-order valence-corrected chi connectivity index (χ3v) is 2.19. The smallest absolute Gasteiger partial charge is 0.352 e. The molecule has 14 heavy (non-hydrogen) atoms. The van der Waals surface area contributed by atoms with Crippen molar-refractivity contribution in [1.82, 2.24) is 10.2 Å². The van der Waals surface area contributed by atoms with Crippen LogP contribution in [-0.2, 0) is 4.79 Å². The van der Waals surface area contributed by atoms with Crippen LogP contribution in [0, 0.1) is 0 Å². The molecule has 0 bridgehead atoms. The Hall–Kier alpha value is -0.780. The molecule has 1 unspecified atom stereocenters. The molecule has 82 valence electrons. The number of likely N-dealkylation sites (tertiary alicyclic amines) is 1. The molecule has 0 aromatic heterocycles. The molecule has 0 radical (unpaired) electrons. The van der Waals surface area contributed by atoms with Crippen molar-refractivity contribution in [1.29, 1.82) is 0 Å². The van der Waals surface area contributed by atoms with E-state index in [0.29, 0.717) is 17.7 Å². The summed E-state index contributed by atoms with van der Waals surface area (Å²) in [4.78, 5) is 11.1. The quantitative estimate of drug-likeness (QED) is 0.657. The van der Waals surface area contributed by atoms with Crippen LogP contribution in [0.15, 0.2) is 0 Å². The molecule has 1 N–H and O–H groups in total. The third kappa shape index (κ3) is 3.17. The fourth-order valence-corrected chi connectivity index (χ4v) is 1.61. The van der Waals surface area contributed by atoms with Crippen LogP contribution in [-0.4, -0.2) is 36.2 Å². The van der Waals surface area contributed by atoms with Crippen LogP contribution in [0.25, 0.3) is 0 Å². The van der Waals surface area contributed by atoms with Crippen molar-refractivity contribution in [3.05, 3.63) is 0 Å². The van der Waals surface area contributed by atoms with E-state index in [9.17, 15) is 18.0 Å². The van der Waals surface area contributed by atoms with Crippen molar-refractivity contribution in [3.8, 4) is 0 Å². The molecule has 0 spiro atoms. The van der Waals surface area contributed by atoms with Gasteiger partial charge in [-0.05, 0) is 12.8 Å². The molecular formula is C8H13F3N2O. The number of alkyl halides is 3. The number of rotatable bonds is 1. The summed E-state index contributed by atoms with van der Waals surface area (Å²) >= 11 is 0. The average Bonchev–Trinajstić information content (AvgIpc) is 2.01. The Kier molecular flexibility index (Phi) is 3.36. The number of carbonyl (C=O) groups excluding carboxylic acids is 1. The molecule has 6 heteroatoms. The Balaban J connectivity index is 2.48. The highest BCUT2D eigenvalue weighted by atomic mass is 19.4. The maximum Gasteiger partial charge on any atom is 0.459 e. The van der Waals surface area contributed by atoms with Gasteiger partial charge in [-0.15, -0.1) is 0 Å². The summed E-state index contributed by atoms with van der Waals surface area (Å²) in [6, 6.07) is -0.372. The first-order valence-electron chi connectivity index (χ1n) is 4.48. The minimum absolute atomic E-state index is 0.0274. The van der Waals surface area contributed by atoms with E-state index in [1.54, 1.807) is 0 Å². The second kappa shape index (κ2) is 4.16. The third-order valence-electron chi connectivity index (χ3n) is 2.19. The molecule has 1 saturated heterocycles. The molecular weight excluding hydrogens is 197 g/mol. The molecule has 1 atom stereocenters. The largest absolute Gasteiger partial charge is 0.459 e. The molecule has 0 aromatic carbocycles. The average molecular weight is 210 g/mol. The van der Waals surface area contributed by atoms with Gasteiger partial charge in [0, 0.05) is 26.1 Å². The molecule has 1 rings (SSSR count). The van der Waals surface area contributed by atoms with Crippen molar-refractivity contribution in [2.75, 3.05) is 13.1 Å². The highest BCUT2D eigenvalue weighted by Gasteiger charge is 2.39. The Morgan fingerprint density at radius 2 is 2.14 bits per heavy atom. The minimum Gasteiger partial charge on any atom is -0.352 e. The van der Waals surface area contributed by atoms with E-state index in [0.717, 1.165) is 0 Å². The maximum atomic E-state index is 12.3. The number of piperidine rings is 1. The summed E-state index contributed by atoms with van der Waals surface area (Å²) in [6.07, 6.45) is -3.20. The zero-order chi connectivity index (χ0) is 10.8. The van der Waals surface area contributed by atoms with Gasteiger partial charge in [0.15, 0.2) is 0 Å². The van der Waals surface area contributed by atoms with Gasteiger partial charge in [-0.25, -0.2) is 4.90 Å². The number of amides is 1. The van der Waals surface area contributed by atoms with Crippen LogP contribution < -0.4 is 5.32 Å². The van der Waals surface area contributed by atoms with Gasteiger partial charge in [0.05, 0.1) is 0 Å². The van der Waals surface area contributed by atoms with Crippen molar-refractivity contribution in [3.63, 3.8) is 0 Å². The molecule has 1 aliphatic heterocycles. The van der Waals surface area contributed by atoms with Crippen LogP contribution in [0.1, 0.15) is 19.8 Å². The lowest BCUT2D eigenvalue weighted by Gasteiger charge is -2.33. The first-order chi connectivity index (χ1) is 6.39. The maximum absolute atomic E-state index is 12.3. The number of hydrogen-bond acceptors (Lipinski definition) is 2. The lowest BCUT2D eigenvalue weighted by Crippen LogP contribution is -2.51. The van der Waals surface area contributed by atoms with E-state index in [2.05, 4.69) is 5.32 Å². The molecule has 0 saturated carbocycles. The van der Waals surface area contributed by atoms with E-state index < -0.39 is 6.30 Å². The standard InChI is InChI=1S/C8H13F3N2O/c1-6(14)12-7-3-2-4-13(5-7)8(9,10)11/h7H,2-5H2,1H3,(H,12,14). The van der Waals surface area contributed by atoms with Gasteiger partial charge in [-0.2, -0.15) is 13.2 Å². The number of nitrogens with zero attached hydrogens (tertiary/aromatic N) is 1. The Labute approximate surface area is 80.3 Å². The Bertz CT molecular complexity index is 217. The molecule has 1 amide bonds. The second-order valence-corrected chi connectivity index (χ2v) is 3.45. The number of carbonyl (C=O) groups is 1. The van der Waals surface area contributed by atoms with E-state index in [4.69, 9.17) is 0 Å². The van der Waals surface area contributed by atoms with Gasteiger partial charge in [0.25, 0.3) is 0 Å². The number of halogens is 3. The highest BCUT2D eigenvalue weighted by Crippen LogP contribution is 2.25. The van der Waals surface area contributed by atoms with Gasteiger partial charge in [0.2, 0.25) is 5.91 Å². The molecule has 0 aliphatic carbocycles. The minimum atomic E-state index is -4.28. The topological polar surface area (TPSA) is 32.3 Å². The van der Waals surface area contributed by atoms with Crippen LogP contribution in [0.4, 0.5) is 13.2 Å². The summed E-state index contributed by atoms with van der Waals surface area (Å²) in [5.41, 5.74) is 0. The molecule has 0 aromatic rings. The fourth-order valence-electron chi connectivity index (χ4n) is 1.61. The zero-order valence-electron chi connectivity index (χ0n) is 7.90. The summed E-state index contributed by atoms with van der Waals surface area (Å²) < 4.78 is 36.8. The van der Waals surface area contributed by atoms with E-state index >= 15 is 0 Å². The van der Waals surface area contributed by atoms with E-state index in [1.165, 1.54) is 6.92 Å². The molecule has 1 heterocycles. The fraction of sp³-hybridized carbons (Fsp3) is 0.875. The van der Waals surface area contributed by atoms with Crippen molar-refractivity contribution in [2.45, 2.75) is 32.1 Å². The lowest BCUT2D eigenvalue weighted by molar-refractivity contribution is -0.251. The Morgan fingerprint density at radius 1 is 1.50 bits per heavy atom. The van der Waals surface area contributed by atoms with Crippen molar-refractivity contribution in [2.24, 2.45) is 0 Å². The monoisotopic (exact) mass is 210 g/mol. The van der Waals surface area contributed by atoms with Crippen LogP contribution >= 0.6 is 0 Å². The second-order valence-electron chi connectivity index (χ2n) is 3.45. The van der Waals surface area contributed by atoms with Crippen molar-refractivity contribution >= 4 is 5.91 Å². The normalized spacial score (nSPS) is 24.7. The van der Waals surface area contributed by atoms with Crippen LogP contribution in [0.5, 0.6) is 0 Å². The predicted octanol–water partition coefficient (Wildman–Crippen LogP) is 1.11. The van der Waals surface area contributed by atoms with Gasteiger partial charge < -0.3 is 5.32 Å². The summed E-state index contributed by atoms with van der Waals surface area (Å²) in [6.45, 7) is 1.20. The van der Waals surface area contributed by atoms with Gasteiger partial charge in [0.1, 0.15) is 0 Å². The van der Waals surface area contributed by atoms with Gasteiger partial charge in [-0.1, -0.05) is 0 Å². The summed E-state index contributed by atoms with van der Waals surface area (Å²) in [5.74, 6) is -0.279. The lowest BCUT2D eigenvalue weighted by atomic mass is 10.1.